The van der Waals surface area contributed by atoms with Crippen LogP contribution in [-0.4, -0.2) is 35.6 Å². The SMILES string of the molecule is CCC(Cl)OCC(CO)OC(Cl)CC. The third-order valence-electron chi connectivity index (χ3n) is 1.65. The van der Waals surface area contributed by atoms with Crippen molar-refractivity contribution >= 4 is 23.2 Å². The molecule has 5 heteroatoms. The first kappa shape index (κ1) is 14.5. The van der Waals surface area contributed by atoms with Gasteiger partial charge in [-0.1, -0.05) is 37.0 Å². The van der Waals surface area contributed by atoms with Crippen molar-refractivity contribution in [3.8, 4) is 0 Å². The van der Waals surface area contributed by atoms with Crippen molar-refractivity contribution in [2.24, 2.45) is 0 Å². The van der Waals surface area contributed by atoms with Crippen LogP contribution < -0.4 is 0 Å². The van der Waals surface area contributed by atoms with Gasteiger partial charge >= 0.3 is 0 Å². The Kier molecular flexibility index (Phi) is 9.03. The maximum absolute atomic E-state index is 8.95. The van der Waals surface area contributed by atoms with Gasteiger partial charge in [0.05, 0.1) is 13.2 Å². The maximum Gasteiger partial charge on any atom is 0.131 e. The topological polar surface area (TPSA) is 38.7 Å². The Hall–Kier alpha value is 0.460. The summed E-state index contributed by atoms with van der Waals surface area (Å²) in [6.45, 7) is 3.98. The van der Waals surface area contributed by atoms with E-state index in [9.17, 15) is 0 Å². The van der Waals surface area contributed by atoms with Gasteiger partial charge in [-0.25, -0.2) is 0 Å². The summed E-state index contributed by atoms with van der Waals surface area (Å²) in [5.41, 5.74) is -0.714. The molecule has 3 atom stereocenters. The minimum absolute atomic E-state index is 0.115. The second-order valence-electron chi connectivity index (χ2n) is 2.91. The molecule has 3 nitrogen and oxygen atoms in total. The quantitative estimate of drug-likeness (QED) is 0.667. The predicted octanol–water partition coefficient (Wildman–Crippen LogP) is 2.33. The van der Waals surface area contributed by atoms with E-state index < -0.39 is 6.10 Å². The molecule has 86 valence electrons. The van der Waals surface area contributed by atoms with E-state index in [2.05, 4.69) is 0 Å². The van der Waals surface area contributed by atoms with Gasteiger partial charge in [-0.05, 0) is 12.8 Å². The van der Waals surface area contributed by atoms with Gasteiger partial charge in [-0.2, -0.15) is 0 Å². The minimum atomic E-state index is -0.398. The van der Waals surface area contributed by atoms with Crippen LogP contribution in [0.3, 0.4) is 0 Å². The van der Waals surface area contributed by atoms with E-state index in [0.717, 1.165) is 6.42 Å². The van der Waals surface area contributed by atoms with E-state index in [1.165, 1.54) is 0 Å². The molecule has 0 spiro atoms. The second-order valence-corrected chi connectivity index (χ2v) is 3.88. The van der Waals surface area contributed by atoms with Crippen molar-refractivity contribution in [3.05, 3.63) is 0 Å². The lowest BCUT2D eigenvalue weighted by atomic mass is 10.4. The van der Waals surface area contributed by atoms with Gasteiger partial charge in [0.25, 0.3) is 0 Å². The molecule has 0 rings (SSSR count). The van der Waals surface area contributed by atoms with Crippen LogP contribution in [0.5, 0.6) is 0 Å². The number of aliphatic hydroxyl groups excluding tert-OH is 1. The maximum atomic E-state index is 8.95. The first-order valence-corrected chi connectivity index (χ1v) is 5.67. The fourth-order valence-electron chi connectivity index (χ4n) is 0.770. The Morgan fingerprint density at radius 2 is 1.71 bits per heavy atom. The Bertz CT molecular complexity index is 135. The van der Waals surface area contributed by atoms with Crippen LogP contribution in [0.15, 0.2) is 0 Å². The minimum Gasteiger partial charge on any atom is -0.394 e. The van der Waals surface area contributed by atoms with Crippen molar-refractivity contribution in [1.82, 2.24) is 0 Å². The van der Waals surface area contributed by atoms with Gasteiger partial charge in [0.1, 0.15) is 17.2 Å². The van der Waals surface area contributed by atoms with E-state index >= 15 is 0 Å². The number of alkyl halides is 2. The highest BCUT2D eigenvalue weighted by atomic mass is 35.5. The molecular formula is C9H18Cl2O3. The lowest BCUT2D eigenvalue weighted by Gasteiger charge is -2.19. The molecule has 0 amide bonds. The highest BCUT2D eigenvalue weighted by Crippen LogP contribution is 2.10. The molecule has 0 aromatic rings. The number of rotatable bonds is 8. The zero-order valence-electron chi connectivity index (χ0n) is 8.58. The standard InChI is InChI=1S/C9H18Cl2O3/c1-3-8(10)13-6-7(5-12)14-9(11)4-2/h7-9,12H,3-6H2,1-2H3. The number of halogens is 2. The van der Waals surface area contributed by atoms with E-state index in [1.807, 2.05) is 13.8 Å². The van der Waals surface area contributed by atoms with Gasteiger partial charge in [-0.3, -0.25) is 0 Å². The van der Waals surface area contributed by atoms with Gasteiger partial charge < -0.3 is 14.6 Å². The highest BCUT2D eigenvalue weighted by molar-refractivity contribution is 6.19. The molecule has 0 saturated heterocycles. The number of ether oxygens (including phenoxy) is 2. The first-order chi connectivity index (χ1) is 6.63. The molecule has 0 bridgehead atoms. The van der Waals surface area contributed by atoms with Crippen molar-refractivity contribution in [1.29, 1.82) is 0 Å². The summed E-state index contributed by atoms with van der Waals surface area (Å²) in [4.78, 5) is 0. The zero-order valence-corrected chi connectivity index (χ0v) is 10.1. The average Bonchev–Trinajstić information content (AvgIpc) is 2.22. The summed E-state index contributed by atoms with van der Waals surface area (Å²) in [5.74, 6) is 0. The van der Waals surface area contributed by atoms with Crippen molar-refractivity contribution in [2.45, 2.75) is 43.9 Å². The van der Waals surface area contributed by atoms with Crippen LogP contribution in [0.2, 0.25) is 0 Å². The van der Waals surface area contributed by atoms with Crippen LogP contribution >= 0.6 is 23.2 Å². The molecular weight excluding hydrogens is 227 g/mol. The van der Waals surface area contributed by atoms with Crippen LogP contribution in [0, 0.1) is 0 Å². The fraction of sp³-hybridized carbons (Fsp3) is 1.00. The van der Waals surface area contributed by atoms with Crippen molar-refractivity contribution in [3.63, 3.8) is 0 Å². The largest absolute Gasteiger partial charge is 0.394 e. The van der Waals surface area contributed by atoms with E-state index in [1.54, 1.807) is 0 Å². The zero-order chi connectivity index (χ0) is 11.0. The average molecular weight is 245 g/mol. The molecule has 0 aromatic heterocycles. The van der Waals surface area contributed by atoms with Gasteiger partial charge in [-0.15, -0.1) is 0 Å². The molecule has 1 N–H and O–H groups in total. The second kappa shape index (κ2) is 8.74. The van der Waals surface area contributed by atoms with Crippen LogP contribution in [0.4, 0.5) is 0 Å². The first-order valence-electron chi connectivity index (χ1n) is 4.80. The van der Waals surface area contributed by atoms with Crippen molar-refractivity contribution < 1.29 is 14.6 Å². The molecule has 3 unspecified atom stereocenters. The third-order valence-corrected chi connectivity index (χ3v) is 2.49. The molecule has 0 heterocycles. The van der Waals surface area contributed by atoms with Gasteiger partial charge in [0.2, 0.25) is 0 Å². The monoisotopic (exact) mass is 244 g/mol. The highest BCUT2D eigenvalue weighted by Gasteiger charge is 2.14. The van der Waals surface area contributed by atoms with Gasteiger partial charge in [0.15, 0.2) is 0 Å². The van der Waals surface area contributed by atoms with Crippen LogP contribution in [0.1, 0.15) is 26.7 Å². The predicted molar refractivity (Wildman–Crippen MR) is 57.8 cm³/mol. The molecule has 0 fully saturated rings. The Balaban J connectivity index is 3.68. The molecule has 14 heavy (non-hydrogen) atoms. The van der Waals surface area contributed by atoms with E-state index in [0.29, 0.717) is 6.42 Å². The molecule has 0 aliphatic heterocycles. The molecule has 0 saturated carbocycles. The number of hydrogen-bond acceptors (Lipinski definition) is 3. The normalized spacial score (nSPS) is 17.8. The summed E-state index contributed by atoms with van der Waals surface area (Å²) in [5, 5.41) is 8.95. The lowest BCUT2D eigenvalue weighted by molar-refractivity contribution is -0.0609. The Morgan fingerprint density at radius 3 is 2.14 bits per heavy atom. The molecule has 0 radical (unpaired) electrons. The Labute approximate surface area is 95.3 Å². The molecule has 0 aromatic carbocycles. The summed E-state index contributed by atoms with van der Waals surface area (Å²) in [6.07, 6.45) is 1.01. The van der Waals surface area contributed by atoms with Crippen LogP contribution in [0.25, 0.3) is 0 Å². The van der Waals surface area contributed by atoms with E-state index in [-0.39, 0.29) is 24.3 Å². The molecule has 0 aliphatic rings. The summed E-state index contributed by atoms with van der Waals surface area (Å²) >= 11 is 11.5. The summed E-state index contributed by atoms with van der Waals surface area (Å²) in [6, 6.07) is 0. The third kappa shape index (κ3) is 6.85. The molecule has 0 aliphatic carbocycles. The van der Waals surface area contributed by atoms with Crippen LogP contribution in [-0.2, 0) is 9.47 Å². The number of aliphatic hydroxyl groups is 1. The Morgan fingerprint density at radius 1 is 1.14 bits per heavy atom. The fourth-order valence-corrected chi connectivity index (χ4v) is 0.988. The van der Waals surface area contributed by atoms with Crippen molar-refractivity contribution in [2.75, 3.05) is 13.2 Å². The van der Waals surface area contributed by atoms with E-state index in [4.69, 9.17) is 37.8 Å². The smallest absolute Gasteiger partial charge is 0.131 e. The number of hydrogen-bond donors (Lipinski definition) is 1. The lowest BCUT2D eigenvalue weighted by Crippen LogP contribution is -2.28. The van der Waals surface area contributed by atoms with Gasteiger partial charge in [0, 0.05) is 0 Å². The summed E-state index contributed by atoms with van der Waals surface area (Å²) in [7, 11) is 0. The summed E-state index contributed by atoms with van der Waals surface area (Å²) < 4.78 is 10.5.